The molecule has 23 heavy (non-hydrogen) atoms. The van der Waals surface area contributed by atoms with Crippen LogP contribution in [0, 0.1) is 0 Å². The van der Waals surface area contributed by atoms with Crippen molar-refractivity contribution < 1.29 is 9.59 Å². The van der Waals surface area contributed by atoms with E-state index in [1.54, 1.807) is 24.3 Å². The van der Waals surface area contributed by atoms with Gasteiger partial charge in [-0.05, 0) is 44.9 Å². The summed E-state index contributed by atoms with van der Waals surface area (Å²) in [5.74, 6) is 0.0112. The SMILES string of the molecule is CC1NCCN(C(=O)c2cccc(NC(=O)NC3CC3)c2)C1C. The molecule has 3 rings (SSSR count). The second-order valence-corrected chi connectivity index (χ2v) is 6.44. The lowest BCUT2D eigenvalue weighted by Crippen LogP contribution is -2.57. The highest BCUT2D eigenvalue weighted by atomic mass is 16.2. The summed E-state index contributed by atoms with van der Waals surface area (Å²) in [7, 11) is 0. The molecule has 1 saturated carbocycles. The summed E-state index contributed by atoms with van der Waals surface area (Å²) in [6, 6.07) is 7.66. The molecule has 1 saturated heterocycles. The number of anilines is 1. The standard InChI is InChI=1S/C17H24N4O2/c1-11-12(2)21(9-8-18-11)16(22)13-4-3-5-15(10-13)20-17(23)19-14-6-7-14/h3-5,10-12,14,18H,6-9H2,1-2H3,(H2,19,20,23). The van der Waals surface area contributed by atoms with Crippen LogP contribution in [0.3, 0.4) is 0 Å². The van der Waals surface area contributed by atoms with Gasteiger partial charge in [-0.3, -0.25) is 4.79 Å². The van der Waals surface area contributed by atoms with Crippen molar-refractivity contribution in [1.82, 2.24) is 15.5 Å². The summed E-state index contributed by atoms with van der Waals surface area (Å²) in [6.07, 6.45) is 2.09. The fourth-order valence-corrected chi connectivity index (χ4v) is 2.82. The van der Waals surface area contributed by atoms with Crippen molar-refractivity contribution in [2.45, 2.75) is 44.8 Å². The van der Waals surface area contributed by atoms with Crippen LogP contribution in [0.5, 0.6) is 0 Å². The molecule has 6 heteroatoms. The first-order valence-electron chi connectivity index (χ1n) is 8.26. The summed E-state index contributed by atoms with van der Waals surface area (Å²) in [5.41, 5.74) is 1.25. The van der Waals surface area contributed by atoms with Gasteiger partial charge in [0.1, 0.15) is 0 Å². The first-order valence-corrected chi connectivity index (χ1v) is 8.26. The third kappa shape index (κ3) is 3.82. The van der Waals surface area contributed by atoms with Gasteiger partial charge in [0.25, 0.3) is 5.91 Å². The number of benzene rings is 1. The molecule has 1 heterocycles. The van der Waals surface area contributed by atoms with Crippen molar-refractivity contribution in [3.8, 4) is 0 Å². The molecule has 1 aliphatic carbocycles. The Hall–Kier alpha value is -2.08. The Balaban J connectivity index is 1.68. The predicted octanol–water partition coefficient (Wildman–Crippen LogP) is 1.79. The molecule has 1 aromatic carbocycles. The Bertz CT molecular complexity index is 600. The minimum Gasteiger partial charge on any atom is -0.335 e. The summed E-state index contributed by atoms with van der Waals surface area (Å²) in [5, 5.41) is 9.04. The predicted molar refractivity (Wildman–Crippen MR) is 89.6 cm³/mol. The number of hydrogen-bond acceptors (Lipinski definition) is 3. The van der Waals surface area contributed by atoms with Crippen LogP contribution in [-0.2, 0) is 0 Å². The molecule has 0 radical (unpaired) electrons. The van der Waals surface area contributed by atoms with Crippen LogP contribution in [-0.4, -0.2) is 48.1 Å². The van der Waals surface area contributed by atoms with Crippen molar-refractivity contribution in [2.75, 3.05) is 18.4 Å². The Kier molecular flexibility index (Phi) is 4.52. The quantitative estimate of drug-likeness (QED) is 0.796. The van der Waals surface area contributed by atoms with Crippen molar-refractivity contribution in [3.63, 3.8) is 0 Å². The van der Waals surface area contributed by atoms with Gasteiger partial charge >= 0.3 is 6.03 Å². The highest BCUT2D eigenvalue weighted by molar-refractivity contribution is 5.97. The fraction of sp³-hybridized carbons (Fsp3) is 0.529. The zero-order valence-corrected chi connectivity index (χ0v) is 13.6. The molecule has 6 nitrogen and oxygen atoms in total. The van der Waals surface area contributed by atoms with E-state index in [-0.39, 0.29) is 24.0 Å². The Morgan fingerprint density at radius 2 is 2.04 bits per heavy atom. The number of urea groups is 1. The maximum atomic E-state index is 12.8. The zero-order chi connectivity index (χ0) is 16.4. The van der Waals surface area contributed by atoms with Crippen molar-refractivity contribution in [1.29, 1.82) is 0 Å². The Morgan fingerprint density at radius 1 is 1.26 bits per heavy atom. The molecule has 2 fully saturated rings. The van der Waals surface area contributed by atoms with Gasteiger partial charge in [0.15, 0.2) is 0 Å². The van der Waals surface area contributed by atoms with E-state index in [9.17, 15) is 9.59 Å². The topological polar surface area (TPSA) is 73.5 Å². The smallest absolute Gasteiger partial charge is 0.319 e. The number of amides is 3. The monoisotopic (exact) mass is 316 g/mol. The molecule has 1 aromatic rings. The third-order valence-electron chi connectivity index (χ3n) is 4.58. The van der Waals surface area contributed by atoms with Crippen LogP contribution in [0.15, 0.2) is 24.3 Å². The van der Waals surface area contributed by atoms with E-state index >= 15 is 0 Å². The average molecular weight is 316 g/mol. The molecule has 2 unspecified atom stereocenters. The lowest BCUT2D eigenvalue weighted by molar-refractivity contribution is 0.0603. The van der Waals surface area contributed by atoms with E-state index in [0.717, 1.165) is 19.4 Å². The first-order chi connectivity index (χ1) is 11.0. The zero-order valence-electron chi connectivity index (χ0n) is 13.6. The Labute approximate surface area is 136 Å². The number of nitrogens with one attached hydrogen (secondary N) is 3. The van der Waals surface area contributed by atoms with Crippen molar-refractivity contribution in [3.05, 3.63) is 29.8 Å². The number of nitrogens with zero attached hydrogens (tertiary/aromatic N) is 1. The number of rotatable bonds is 3. The van der Waals surface area contributed by atoms with Gasteiger partial charge in [-0.1, -0.05) is 6.07 Å². The largest absolute Gasteiger partial charge is 0.335 e. The minimum absolute atomic E-state index is 0.0112. The van der Waals surface area contributed by atoms with E-state index in [4.69, 9.17) is 0 Å². The highest BCUT2D eigenvalue weighted by Crippen LogP contribution is 2.20. The second kappa shape index (κ2) is 6.58. The minimum atomic E-state index is -0.207. The summed E-state index contributed by atoms with van der Waals surface area (Å²) in [4.78, 5) is 26.5. The lowest BCUT2D eigenvalue weighted by Gasteiger charge is -2.38. The molecular formula is C17H24N4O2. The summed E-state index contributed by atoms with van der Waals surface area (Å²) in [6.45, 7) is 5.65. The van der Waals surface area contributed by atoms with Gasteiger partial charge in [-0.15, -0.1) is 0 Å². The Morgan fingerprint density at radius 3 is 2.78 bits per heavy atom. The van der Waals surface area contributed by atoms with Crippen molar-refractivity contribution in [2.24, 2.45) is 0 Å². The highest BCUT2D eigenvalue weighted by Gasteiger charge is 2.29. The van der Waals surface area contributed by atoms with Gasteiger partial charge in [-0.25, -0.2) is 4.79 Å². The summed E-state index contributed by atoms with van der Waals surface area (Å²) < 4.78 is 0. The number of carbonyl (C=O) groups is 2. The van der Waals surface area contributed by atoms with Crippen LogP contribution in [0.1, 0.15) is 37.0 Å². The van der Waals surface area contributed by atoms with Crippen LogP contribution < -0.4 is 16.0 Å². The molecular weight excluding hydrogens is 292 g/mol. The van der Waals surface area contributed by atoms with Crippen LogP contribution >= 0.6 is 0 Å². The van der Waals surface area contributed by atoms with Gasteiger partial charge in [0.2, 0.25) is 0 Å². The van der Waals surface area contributed by atoms with E-state index in [1.807, 2.05) is 4.90 Å². The molecule has 0 bridgehead atoms. The maximum absolute atomic E-state index is 12.8. The van der Waals surface area contributed by atoms with E-state index in [0.29, 0.717) is 23.8 Å². The average Bonchev–Trinajstić information content (AvgIpc) is 3.33. The lowest BCUT2D eigenvalue weighted by atomic mass is 10.1. The van der Waals surface area contributed by atoms with E-state index < -0.39 is 0 Å². The van der Waals surface area contributed by atoms with Crippen LogP contribution in [0.2, 0.25) is 0 Å². The summed E-state index contributed by atoms with van der Waals surface area (Å²) >= 11 is 0. The molecule has 3 N–H and O–H groups in total. The molecule has 3 amide bonds. The molecule has 2 atom stereocenters. The number of piperazine rings is 1. The van der Waals surface area contributed by atoms with E-state index in [2.05, 4.69) is 29.8 Å². The molecule has 2 aliphatic rings. The maximum Gasteiger partial charge on any atom is 0.319 e. The van der Waals surface area contributed by atoms with Crippen LogP contribution in [0.4, 0.5) is 10.5 Å². The van der Waals surface area contributed by atoms with E-state index in [1.165, 1.54) is 0 Å². The number of carbonyl (C=O) groups excluding carboxylic acids is 2. The molecule has 124 valence electrons. The first kappa shape index (κ1) is 15.8. The normalized spacial score (nSPS) is 24.2. The fourth-order valence-electron chi connectivity index (χ4n) is 2.82. The molecule has 0 spiro atoms. The number of hydrogen-bond donors (Lipinski definition) is 3. The third-order valence-corrected chi connectivity index (χ3v) is 4.58. The van der Waals surface area contributed by atoms with Crippen LogP contribution in [0.25, 0.3) is 0 Å². The molecule has 0 aromatic heterocycles. The second-order valence-electron chi connectivity index (χ2n) is 6.44. The van der Waals surface area contributed by atoms with Gasteiger partial charge in [0.05, 0.1) is 0 Å². The van der Waals surface area contributed by atoms with Gasteiger partial charge < -0.3 is 20.9 Å². The van der Waals surface area contributed by atoms with Gasteiger partial charge in [0, 0.05) is 42.5 Å². The van der Waals surface area contributed by atoms with Crippen molar-refractivity contribution >= 4 is 17.6 Å². The molecule has 1 aliphatic heterocycles. The van der Waals surface area contributed by atoms with Gasteiger partial charge in [-0.2, -0.15) is 0 Å².